The number of hydroxylamine groups is 1. The summed E-state index contributed by atoms with van der Waals surface area (Å²) in [5, 5.41) is 10.2. The highest BCUT2D eigenvalue weighted by molar-refractivity contribution is 5.49. The van der Waals surface area contributed by atoms with Gasteiger partial charge in [-0.1, -0.05) is 37.5 Å². The van der Waals surface area contributed by atoms with E-state index >= 15 is 0 Å². The number of rotatable bonds is 8. The molecule has 0 saturated heterocycles. The van der Waals surface area contributed by atoms with Crippen LogP contribution in [0.25, 0.3) is 0 Å². The molecule has 0 aliphatic heterocycles. The van der Waals surface area contributed by atoms with E-state index < -0.39 is 5.60 Å². The Bertz CT molecular complexity index is 707. The standard InChI is InChI=1S/C23H33N3O2/c1-23(2,27)19-11-13-21(14-12-19)26(3)22(18-8-7-15-24-16-18)17-28-25-20-9-5-4-6-10-20/h7-8,11-16,20,22,25,27H,4-6,9-10,17H2,1-3H3. The molecule has 5 nitrogen and oxygen atoms in total. The minimum absolute atomic E-state index is 0.0396. The van der Waals surface area contributed by atoms with Crippen molar-refractivity contribution < 1.29 is 9.94 Å². The molecule has 0 radical (unpaired) electrons. The minimum atomic E-state index is -0.840. The Kier molecular flexibility index (Phi) is 7.05. The van der Waals surface area contributed by atoms with Gasteiger partial charge in [0.15, 0.2) is 0 Å². The van der Waals surface area contributed by atoms with Gasteiger partial charge in [-0.2, -0.15) is 5.48 Å². The normalized spacial score (nSPS) is 16.7. The van der Waals surface area contributed by atoms with Crippen molar-refractivity contribution in [2.24, 2.45) is 0 Å². The lowest BCUT2D eigenvalue weighted by Crippen LogP contribution is -2.35. The quantitative estimate of drug-likeness (QED) is 0.664. The van der Waals surface area contributed by atoms with Crippen LogP contribution in [0.1, 0.15) is 63.1 Å². The summed E-state index contributed by atoms with van der Waals surface area (Å²) in [4.78, 5) is 12.4. The molecular weight excluding hydrogens is 350 g/mol. The van der Waals surface area contributed by atoms with Gasteiger partial charge >= 0.3 is 0 Å². The topological polar surface area (TPSA) is 57.6 Å². The van der Waals surface area contributed by atoms with Gasteiger partial charge in [0.25, 0.3) is 0 Å². The molecule has 1 unspecified atom stereocenters. The van der Waals surface area contributed by atoms with E-state index in [0.717, 1.165) is 16.8 Å². The van der Waals surface area contributed by atoms with E-state index in [9.17, 15) is 5.11 Å². The zero-order valence-corrected chi connectivity index (χ0v) is 17.3. The fourth-order valence-electron chi connectivity index (χ4n) is 3.75. The van der Waals surface area contributed by atoms with E-state index in [1.165, 1.54) is 32.1 Å². The number of pyridine rings is 1. The van der Waals surface area contributed by atoms with Gasteiger partial charge in [-0.15, -0.1) is 0 Å². The van der Waals surface area contributed by atoms with Crippen LogP contribution in [-0.2, 0) is 10.4 Å². The lowest BCUT2D eigenvalue weighted by molar-refractivity contribution is -0.000760. The smallest absolute Gasteiger partial charge is 0.0928 e. The van der Waals surface area contributed by atoms with Crippen LogP contribution in [0.3, 0.4) is 0 Å². The molecule has 28 heavy (non-hydrogen) atoms. The predicted molar refractivity (Wildman–Crippen MR) is 113 cm³/mol. The van der Waals surface area contributed by atoms with E-state index in [1.807, 2.05) is 36.5 Å². The molecule has 2 N–H and O–H groups in total. The Morgan fingerprint density at radius 2 is 1.89 bits per heavy atom. The number of aliphatic hydroxyl groups is 1. The van der Waals surface area contributed by atoms with Gasteiger partial charge in [-0.3, -0.25) is 9.82 Å². The largest absolute Gasteiger partial charge is 0.386 e. The Morgan fingerprint density at radius 1 is 1.18 bits per heavy atom. The zero-order valence-electron chi connectivity index (χ0n) is 17.3. The van der Waals surface area contributed by atoms with Crippen molar-refractivity contribution in [3.63, 3.8) is 0 Å². The first-order valence-electron chi connectivity index (χ1n) is 10.3. The molecule has 1 saturated carbocycles. The summed E-state index contributed by atoms with van der Waals surface area (Å²) >= 11 is 0. The molecule has 1 aromatic carbocycles. The second-order valence-corrected chi connectivity index (χ2v) is 8.28. The number of nitrogens with zero attached hydrogens (tertiary/aromatic N) is 2. The first-order chi connectivity index (χ1) is 13.4. The maximum atomic E-state index is 10.2. The van der Waals surface area contributed by atoms with E-state index in [4.69, 9.17) is 4.84 Å². The Morgan fingerprint density at radius 3 is 2.50 bits per heavy atom. The van der Waals surface area contributed by atoms with Gasteiger partial charge in [0, 0.05) is 31.2 Å². The Balaban J connectivity index is 1.70. The summed E-state index contributed by atoms with van der Waals surface area (Å²) in [6.07, 6.45) is 9.95. The summed E-state index contributed by atoms with van der Waals surface area (Å²) in [5.41, 5.74) is 5.52. The van der Waals surface area contributed by atoms with Crippen LogP contribution >= 0.6 is 0 Å². The highest BCUT2D eigenvalue weighted by atomic mass is 16.6. The second kappa shape index (κ2) is 9.50. The summed E-state index contributed by atoms with van der Waals surface area (Å²) in [7, 11) is 2.07. The van der Waals surface area contributed by atoms with Crippen LogP contribution in [0.4, 0.5) is 5.69 Å². The fourth-order valence-corrected chi connectivity index (χ4v) is 3.75. The molecule has 1 heterocycles. The molecular formula is C23H33N3O2. The van der Waals surface area contributed by atoms with Crippen LogP contribution in [-0.4, -0.2) is 29.8 Å². The number of anilines is 1. The number of nitrogens with one attached hydrogen (secondary N) is 1. The SMILES string of the molecule is CN(c1ccc(C(C)(C)O)cc1)C(CONC1CCCCC1)c1cccnc1. The Labute approximate surface area is 168 Å². The number of benzene rings is 1. The molecule has 1 aromatic heterocycles. The molecule has 1 fully saturated rings. The third kappa shape index (κ3) is 5.53. The van der Waals surface area contributed by atoms with Crippen molar-refractivity contribution >= 4 is 5.69 Å². The fraction of sp³-hybridized carbons (Fsp3) is 0.522. The lowest BCUT2D eigenvalue weighted by Gasteiger charge is -2.31. The Hall–Kier alpha value is -1.95. The van der Waals surface area contributed by atoms with Gasteiger partial charge in [-0.25, -0.2) is 0 Å². The van der Waals surface area contributed by atoms with E-state index in [0.29, 0.717) is 12.6 Å². The van der Waals surface area contributed by atoms with Crippen molar-refractivity contribution in [1.29, 1.82) is 0 Å². The molecule has 3 rings (SSSR count). The zero-order chi connectivity index (χ0) is 20.0. The van der Waals surface area contributed by atoms with Gasteiger partial charge in [-0.05, 0) is 56.0 Å². The molecule has 0 amide bonds. The van der Waals surface area contributed by atoms with Crippen molar-refractivity contribution in [2.45, 2.75) is 63.6 Å². The van der Waals surface area contributed by atoms with E-state index in [2.05, 4.69) is 28.5 Å². The van der Waals surface area contributed by atoms with Crippen LogP contribution in [0.2, 0.25) is 0 Å². The van der Waals surface area contributed by atoms with E-state index in [-0.39, 0.29) is 6.04 Å². The summed E-state index contributed by atoms with van der Waals surface area (Å²) in [5.74, 6) is 0. The van der Waals surface area contributed by atoms with Crippen LogP contribution in [0.5, 0.6) is 0 Å². The lowest BCUT2D eigenvalue weighted by atomic mass is 9.96. The van der Waals surface area contributed by atoms with Crippen molar-refractivity contribution in [2.75, 3.05) is 18.6 Å². The maximum Gasteiger partial charge on any atom is 0.0928 e. The maximum absolute atomic E-state index is 10.2. The summed E-state index contributed by atoms with van der Waals surface area (Å²) in [6, 6.07) is 12.6. The van der Waals surface area contributed by atoms with Crippen LogP contribution in [0.15, 0.2) is 48.8 Å². The van der Waals surface area contributed by atoms with Gasteiger partial charge < -0.3 is 10.0 Å². The average Bonchev–Trinajstić information content (AvgIpc) is 2.72. The van der Waals surface area contributed by atoms with Crippen LogP contribution < -0.4 is 10.4 Å². The number of hydrogen-bond donors (Lipinski definition) is 2. The average molecular weight is 384 g/mol. The molecule has 0 bridgehead atoms. The van der Waals surface area contributed by atoms with Gasteiger partial charge in [0.1, 0.15) is 0 Å². The highest BCUT2D eigenvalue weighted by Crippen LogP contribution is 2.28. The monoisotopic (exact) mass is 383 g/mol. The van der Waals surface area contributed by atoms with Crippen molar-refractivity contribution in [3.8, 4) is 0 Å². The molecule has 0 spiro atoms. The number of aromatic nitrogens is 1. The van der Waals surface area contributed by atoms with Gasteiger partial charge in [0.2, 0.25) is 0 Å². The van der Waals surface area contributed by atoms with E-state index in [1.54, 1.807) is 20.0 Å². The number of hydrogen-bond acceptors (Lipinski definition) is 5. The third-order valence-corrected chi connectivity index (χ3v) is 5.61. The van der Waals surface area contributed by atoms with Crippen LogP contribution in [0, 0.1) is 0 Å². The first-order valence-corrected chi connectivity index (χ1v) is 10.3. The predicted octanol–water partition coefficient (Wildman–Crippen LogP) is 4.34. The second-order valence-electron chi connectivity index (χ2n) is 8.28. The highest BCUT2D eigenvalue weighted by Gasteiger charge is 2.21. The summed E-state index contributed by atoms with van der Waals surface area (Å²) < 4.78 is 0. The molecule has 2 aromatic rings. The van der Waals surface area contributed by atoms with Gasteiger partial charge in [0.05, 0.1) is 18.2 Å². The minimum Gasteiger partial charge on any atom is -0.386 e. The van der Waals surface area contributed by atoms with Crippen molar-refractivity contribution in [3.05, 3.63) is 59.9 Å². The molecule has 1 atom stereocenters. The third-order valence-electron chi connectivity index (χ3n) is 5.61. The molecule has 1 aliphatic carbocycles. The molecule has 1 aliphatic rings. The summed E-state index contributed by atoms with van der Waals surface area (Å²) in [6.45, 7) is 4.13. The first kappa shape index (κ1) is 20.8. The van der Waals surface area contributed by atoms with Crippen molar-refractivity contribution in [1.82, 2.24) is 10.5 Å². The number of likely N-dealkylation sites (N-methyl/N-ethyl adjacent to an activating group) is 1. The molecule has 152 valence electrons. The molecule has 5 heteroatoms.